The van der Waals surface area contributed by atoms with E-state index in [1.807, 2.05) is 0 Å². The average molecular weight is 284 g/mol. The van der Waals surface area contributed by atoms with E-state index < -0.39 is 5.97 Å². The number of carboxylic acid groups (broad SMARTS) is 1. The molecule has 6 heteroatoms. The largest absolute Gasteiger partial charge is 0.481 e. The van der Waals surface area contributed by atoms with Crippen molar-refractivity contribution in [2.75, 3.05) is 26.3 Å². The van der Waals surface area contributed by atoms with E-state index in [2.05, 4.69) is 0 Å². The Bertz CT molecular complexity index is 353. The second-order valence-corrected chi connectivity index (χ2v) is 5.81. The van der Waals surface area contributed by atoms with Crippen molar-refractivity contribution in [1.82, 2.24) is 4.90 Å². The number of hydrogen-bond donors (Lipinski definition) is 2. The molecular weight excluding hydrogens is 260 g/mol. The van der Waals surface area contributed by atoms with Crippen LogP contribution in [0.3, 0.4) is 0 Å². The van der Waals surface area contributed by atoms with Crippen LogP contribution in [0.25, 0.3) is 0 Å². The molecule has 0 radical (unpaired) electrons. The van der Waals surface area contributed by atoms with Gasteiger partial charge < -0.3 is 20.5 Å². The molecule has 114 valence electrons. The standard InChI is InChI=1S/C14H24N2O4/c15-8-10-1-3-11(4-2-10)14(19)16-5-6-20-9-12(16)7-13(17)18/h10-12H,1-9,15H2,(H,17,18). The lowest BCUT2D eigenvalue weighted by atomic mass is 9.81. The maximum absolute atomic E-state index is 12.6. The van der Waals surface area contributed by atoms with Gasteiger partial charge in [0.1, 0.15) is 0 Å². The highest BCUT2D eigenvalue weighted by atomic mass is 16.5. The summed E-state index contributed by atoms with van der Waals surface area (Å²) in [5, 5.41) is 8.93. The quantitative estimate of drug-likeness (QED) is 0.782. The van der Waals surface area contributed by atoms with Crippen molar-refractivity contribution < 1.29 is 19.4 Å². The molecule has 3 N–H and O–H groups in total. The van der Waals surface area contributed by atoms with E-state index in [-0.39, 0.29) is 24.3 Å². The highest BCUT2D eigenvalue weighted by Gasteiger charge is 2.34. The van der Waals surface area contributed by atoms with Crippen LogP contribution in [0, 0.1) is 11.8 Å². The summed E-state index contributed by atoms with van der Waals surface area (Å²) in [4.78, 5) is 25.2. The zero-order chi connectivity index (χ0) is 14.5. The number of nitrogens with two attached hydrogens (primary N) is 1. The molecular formula is C14H24N2O4. The molecule has 1 heterocycles. The Morgan fingerprint density at radius 2 is 1.95 bits per heavy atom. The lowest BCUT2D eigenvalue weighted by Gasteiger charge is -2.38. The number of morpholine rings is 1. The van der Waals surface area contributed by atoms with Gasteiger partial charge in [0.05, 0.1) is 25.7 Å². The fourth-order valence-electron chi connectivity index (χ4n) is 3.20. The Labute approximate surface area is 119 Å². The van der Waals surface area contributed by atoms with Crippen LogP contribution in [0.2, 0.25) is 0 Å². The van der Waals surface area contributed by atoms with E-state index in [1.165, 1.54) is 0 Å². The predicted molar refractivity (Wildman–Crippen MR) is 73.1 cm³/mol. The molecule has 0 aromatic carbocycles. The van der Waals surface area contributed by atoms with Gasteiger partial charge in [-0.2, -0.15) is 0 Å². The Morgan fingerprint density at radius 1 is 1.25 bits per heavy atom. The van der Waals surface area contributed by atoms with Gasteiger partial charge in [-0.05, 0) is 38.1 Å². The van der Waals surface area contributed by atoms with Crippen molar-refractivity contribution in [3.05, 3.63) is 0 Å². The number of carbonyl (C=O) groups is 2. The molecule has 2 rings (SSSR count). The van der Waals surface area contributed by atoms with Crippen LogP contribution in [0.15, 0.2) is 0 Å². The average Bonchev–Trinajstić information content (AvgIpc) is 2.46. The molecule has 0 aromatic heterocycles. The molecule has 1 aliphatic heterocycles. The van der Waals surface area contributed by atoms with Gasteiger partial charge >= 0.3 is 5.97 Å². The molecule has 1 aliphatic carbocycles. The number of carboxylic acids is 1. The Morgan fingerprint density at radius 3 is 2.55 bits per heavy atom. The monoisotopic (exact) mass is 284 g/mol. The molecule has 0 bridgehead atoms. The first-order valence-electron chi connectivity index (χ1n) is 7.42. The molecule has 1 saturated carbocycles. The summed E-state index contributed by atoms with van der Waals surface area (Å²) in [5.41, 5.74) is 5.67. The van der Waals surface area contributed by atoms with Crippen LogP contribution in [-0.4, -0.2) is 54.2 Å². The van der Waals surface area contributed by atoms with E-state index in [0.29, 0.717) is 32.2 Å². The molecule has 2 aliphatic rings. The molecule has 0 aromatic rings. The summed E-state index contributed by atoms with van der Waals surface area (Å²) in [6.45, 7) is 2.03. The lowest BCUT2D eigenvalue weighted by Crippen LogP contribution is -2.52. The molecule has 1 atom stereocenters. The van der Waals surface area contributed by atoms with Gasteiger partial charge in [-0.1, -0.05) is 0 Å². The van der Waals surface area contributed by atoms with Crippen molar-refractivity contribution in [2.24, 2.45) is 17.6 Å². The van der Waals surface area contributed by atoms with E-state index >= 15 is 0 Å². The van der Waals surface area contributed by atoms with Gasteiger partial charge in [0.15, 0.2) is 0 Å². The van der Waals surface area contributed by atoms with Crippen LogP contribution in [0.5, 0.6) is 0 Å². The van der Waals surface area contributed by atoms with E-state index in [4.69, 9.17) is 15.6 Å². The third kappa shape index (κ3) is 3.70. The summed E-state index contributed by atoms with van der Waals surface area (Å²) in [6, 6.07) is -0.319. The van der Waals surface area contributed by atoms with Crippen LogP contribution < -0.4 is 5.73 Å². The predicted octanol–water partition coefficient (Wildman–Crippen LogP) is 0.454. The number of ether oxygens (including phenoxy) is 1. The first-order valence-corrected chi connectivity index (χ1v) is 7.42. The van der Waals surface area contributed by atoms with Crippen molar-refractivity contribution in [3.8, 4) is 0 Å². The molecule has 2 fully saturated rings. The number of aliphatic carboxylic acids is 1. The van der Waals surface area contributed by atoms with Gasteiger partial charge in [0, 0.05) is 12.5 Å². The SMILES string of the molecule is NCC1CCC(C(=O)N2CCOCC2CC(=O)O)CC1. The molecule has 1 saturated heterocycles. The summed E-state index contributed by atoms with van der Waals surface area (Å²) in [7, 11) is 0. The number of rotatable bonds is 4. The Kier molecular flexibility index (Phi) is 5.37. The van der Waals surface area contributed by atoms with E-state index in [1.54, 1.807) is 4.90 Å². The smallest absolute Gasteiger partial charge is 0.305 e. The van der Waals surface area contributed by atoms with E-state index in [9.17, 15) is 9.59 Å². The Hall–Kier alpha value is -1.14. The number of amides is 1. The summed E-state index contributed by atoms with van der Waals surface area (Å²) >= 11 is 0. The number of carbonyl (C=O) groups excluding carboxylic acids is 1. The van der Waals surface area contributed by atoms with Crippen LogP contribution in [0.4, 0.5) is 0 Å². The van der Waals surface area contributed by atoms with Gasteiger partial charge in [-0.15, -0.1) is 0 Å². The molecule has 0 spiro atoms. The van der Waals surface area contributed by atoms with Crippen LogP contribution in [-0.2, 0) is 14.3 Å². The third-order valence-corrected chi connectivity index (χ3v) is 4.45. The minimum absolute atomic E-state index is 0.0344. The van der Waals surface area contributed by atoms with Crippen molar-refractivity contribution in [3.63, 3.8) is 0 Å². The third-order valence-electron chi connectivity index (χ3n) is 4.45. The highest BCUT2D eigenvalue weighted by molar-refractivity contribution is 5.80. The second kappa shape index (κ2) is 7.04. The van der Waals surface area contributed by atoms with Gasteiger partial charge in [-0.3, -0.25) is 9.59 Å². The second-order valence-electron chi connectivity index (χ2n) is 5.81. The fourth-order valence-corrected chi connectivity index (χ4v) is 3.20. The highest BCUT2D eigenvalue weighted by Crippen LogP contribution is 2.30. The van der Waals surface area contributed by atoms with Crippen molar-refractivity contribution >= 4 is 11.9 Å². The summed E-state index contributed by atoms with van der Waals surface area (Å²) in [5.74, 6) is -0.203. The van der Waals surface area contributed by atoms with Crippen molar-refractivity contribution in [1.29, 1.82) is 0 Å². The number of nitrogens with zero attached hydrogens (tertiary/aromatic N) is 1. The number of hydrogen-bond acceptors (Lipinski definition) is 4. The first-order chi connectivity index (χ1) is 9.61. The fraction of sp³-hybridized carbons (Fsp3) is 0.857. The van der Waals surface area contributed by atoms with Crippen LogP contribution in [0.1, 0.15) is 32.1 Å². The molecule has 1 amide bonds. The topological polar surface area (TPSA) is 92.9 Å². The first kappa shape index (κ1) is 15.3. The minimum atomic E-state index is -0.884. The maximum atomic E-state index is 12.6. The van der Waals surface area contributed by atoms with E-state index in [0.717, 1.165) is 25.7 Å². The summed E-state index contributed by atoms with van der Waals surface area (Å²) < 4.78 is 5.31. The Balaban J connectivity index is 1.94. The van der Waals surface area contributed by atoms with Gasteiger partial charge in [0.2, 0.25) is 5.91 Å². The van der Waals surface area contributed by atoms with Crippen LogP contribution >= 0.6 is 0 Å². The summed E-state index contributed by atoms with van der Waals surface area (Å²) in [6.07, 6.45) is 3.71. The normalized spacial score (nSPS) is 31.1. The molecule has 6 nitrogen and oxygen atoms in total. The van der Waals surface area contributed by atoms with Gasteiger partial charge in [-0.25, -0.2) is 0 Å². The molecule has 1 unspecified atom stereocenters. The van der Waals surface area contributed by atoms with Gasteiger partial charge in [0.25, 0.3) is 0 Å². The lowest BCUT2D eigenvalue weighted by molar-refractivity contribution is -0.150. The zero-order valence-electron chi connectivity index (χ0n) is 11.8. The maximum Gasteiger partial charge on any atom is 0.305 e. The van der Waals surface area contributed by atoms with Crippen molar-refractivity contribution in [2.45, 2.75) is 38.1 Å². The molecule has 20 heavy (non-hydrogen) atoms. The zero-order valence-corrected chi connectivity index (χ0v) is 11.8. The minimum Gasteiger partial charge on any atom is -0.481 e.